The molecule has 188 valence electrons. The second kappa shape index (κ2) is 10.1. The van der Waals surface area contributed by atoms with E-state index in [1.54, 1.807) is 24.3 Å². The van der Waals surface area contributed by atoms with E-state index in [0.717, 1.165) is 18.3 Å². The van der Waals surface area contributed by atoms with Crippen molar-refractivity contribution in [1.82, 2.24) is 9.55 Å². The van der Waals surface area contributed by atoms with Crippen molar-refractivity contribution in [3.63, 3.8) is 0 Å². The molecule has 35 heavy (non-hydrogen) atoms. The zero-order valence-electron chi connectivity index (χ0n) is 18.4. The van der Waals surface area contributed by atoms with Crippen molar-refractivity contribution in [3.05, 3.63) is 77.2 Å². The maximum Gasteiger partial charge on any atom is 0.416 e. The van der Waals surface area contributed by atoms with Crippen LogP contribution in [-0.2, 0) is 34.6 Å². The Morgan fingerprint density at radius 1 is 1.20 bits per heavy atom. The van der Waals surface area contributed by atoms with Gasteiger partial charge in [-0.15, -0.1) is 0 Å². The number of alkyl halides is 3. The molecule has 2 atom stereocenters. The van der Waals surface area contributed by atoms with Gasteiger partial charge in [-0.1, -0.05) is 30.3 Å². The smallest absolute Gasteiger partial charge is 0.416 e. The van der Waals surface area contributed by atoms with Crippen molar-refractivity contribution in [2.24, 2.45) is 18.5 Å². The third-order valence-electron chi connectivity index (χ3n) is 5.25. The first kappa shape index (κ1) is 26.2. The van der Waals surface area contributed by atoms with Crippen LogP contribution in [0.25, 0.3) is 0 Å². The van der Waals surface area contributed by atoms with E-state index in [9.17, 15) is 30.9 Å². The van der Waals surface area contributed by atoms with Crippen LogP contribution in [0.3, 0.4) is 0 Å². The Labute approximate surface area is 199 Å². The van der Waals surface area contributed by atoms with Gasteiger partial charge in [-0.25, -0.2) is 4.98 Å². The summed E-state index contributed by atoms with van der Waals surface area (Å²) in [4.78, 5) is 15.8. The Kier molecular flexibility index (Phi) is 7.53. The molecule has 9 nitrogen and oxygen atoms in total. The second-order valence-electron chi connectivity index (χ2n) is 7.83. The number of halogens is 3. The number of aryl methyl sites for hydroxylation is 1. The molecule has 1 heterocycles. The minimum absolute atomic E-state index is 0.121. The first-order valence-corrected chi connectivity index (χ1v) is 11.7. The first-order valence-electron chi connectivity index (χ1n) is 10.2. The number of imidazole rings is 1. The van der Waals surface area contributed by atoms with Gasteiger partial charge in [0.15, 0.2) is 5.82 Å². The number of ether oxygens (including phenoxy) is 1. The van der Waals surface area contributed by atoms with E-state index >= 15 is 0 Å². The summed E-state index contributed by atoms with van der Waals surface area (Å²) in [6.45, 7) is 0.121. The summed E-state index contributed by atoms with van der Waals surface area (Å²) in [6, 6.07) is 11.4. The monoisotopic (exact) mass is 512 g/mol. The highest BCUT2D eigenvalue weighted by molar-refractivity contribution is 7.85. The number of hydrogen-bond donors (Lipinski definition) is 3. The molecule has 0 saturated carbocycles. The van der Waals surface area contributed by atoms with Crippen LogP contribution in [0.2, 0.25) is 0 Å². The van der Waals surface area contributed by atoms with E-state index in [4.69, 9.17) is 16.2 Å². The molecule has 0 bridgehead atoms. The van der Waals surface area contributed by atoms with Crippen LogP contribution < -0.4 is 16.2 Å². The first-order chi connectivity index (χ1) is 16.3. The molecule has 3 rings (SSSR count). The molecule has 5 N–H and O–H groups in total. The zero-order chi connectivity index (χ0) is 26.0. The van der Waals surface area contributed by atoms with Crippen molar-refractivity contribution >= 4 is 16.0 Å². The van der Waals surface area contributed by atoms with Crippen LogP contribution in [0.5, 0.6) is 5.75 Å². The minimum atomic E-state index is -4.62. The number of benzene rings is 2. The number of hydrogen-bond acceptors (Lipinski definition) is 6. The van der Waals surface area contributed by atoms with E-state index in [-0.39, 0.29) is 30.5 Å². The summed E-state index contributed by atoms with van der Waals surface area (Å²) in [7, 11) is -3.23. The summed E-state index contributed by atoms with van der Waals surface area (Å²) in [5, 5.41) is -0.678. The molecular formula is C22H23F3N4O5S. The number of nitrogens with zero attached hydrogens (tertiary/aromatic N) is 2. The number of rotatable bonds is 9. The maximum absolute atomic E-state index is 13.1. The van der Waals surface area contributed by atoms with Gasteiger partial charge in [0.25, 0.3) is 5.91 Å². The van der Waals surface area contributed by atoms with Gasteiger partial charge in [0.1, 0.15) is 5.75 Å². The highest BCUT2D eigenvalue weighted by Gasteiger charge is 2.31. The lowest BCUT2D eigenvalue weighted by Crippen LogP contribution is -2.28. The lowest BCUT2D eigenvalue weighted by Gasteiger charge is -2.19. The number of carbonyl (C=O) groups excluding carboxylic acids is 1. The van der Waals surface area contributed by atoms with E-state index < -0.39 is 38.9 Å². The molecular weight excluding hydrogens is 489 g/mol. The number of carbonyl (C=O) groups is 1. The molecule has 0 aliphatic heterocycles. The van der Waals surface area contributed by atoms with Crippen LogP contribution in [0, 0.1) is 0 Å². The molecule has 0 radical (unpaired) electrons. The van der Waals surface area contributed by atoms with Crippen molar-refractivity contribution in [1.29, 1.82) is 0 Å². The number of amides is 1. The molecule has 13 heteroatoms. The average Bonchev–Trinajstić information content (AvgIpc) is 3.17. The predicted octanol–water partition coefficient (Wildman–Crippen LogP) is 2.58. The summed E-state index contributed by atoms with van der Waals surface area (Å²) in [5.41, 5.74) is 11.7. The fourth-order valence-corrected chi connectivity index (χ4v) is 4.03. The maximum atomic E-state index is 13.1. The molecule has 2 aromatic carbocycles. The lowest BCUT2D eigenvalue weighted by atomic mass is 9.91. The van der Waals surface area contributed by atoms with Crippen molar-refractivity contribution in [2.75, 3.05) is 6.54 Å². The van der Waals surface area contributed by atoms with Crippen LogP contribution in [0.4, 0.5) is 13.2 Å². The van der Waals surface area contributed by atoms with Crippen molar-refractivity contribution in [3.8, 4) is 5.75 Å². The van der Waals surface area contributed by atoms with E-state index in [1.807, 2.05) is 0 Å². The van der Waals surface area contributed by atoms with Crippen LogP contribution in [0.1, 0.15) is 34.5 Å². The molecule has 1 aromatic heterocycles. The number of aromatic nitrogens is 2. The summed E-state index contributed by atoms with van der Waals surface area (Å²) >= 11 is 0. The van der Waals surface area contributed by atoms with Crippen LogP contribution in [-0.4, -0.2) is 35.0 Å². The molecule has 2 unspecified atom stereocenters. The summed E-state index contributed by atoms with van der Waals surface area (Å²) in [5.74, 6) is -1.32. The van der Waals surface area contributed by atoms with Gasteiger partial charge >= 0.3 is 16.3 Å². The van der Waals surface area contributed by atoms with Gasteiger partial charge in [0.2, 0.25) is 11.1 Å². The Bertz CT molecular complexity index is 1320. The summed E-state index contributed by atoms with van der Waals surface area (Å²) < 4.78 is 78.0. The van der Waals surface area contributed by atoms with Gasteiger partial charge in [-0.3, -0.25) is 9.35 Å². The Morgan fingerprint density at radius 2 is 1.89 bits per heavy atom. The van der Waals surface area contributed by atoms with Crippen molar-refractivity contribution < 1.29 is 35.7 Å². The van der Waals surface area contributed by atoms with Gasteiger partial charge in [0.05, 0.1) is 5.56 Å². The number of primary amides is 1. The second-order valence-corrected chi connectivity index (χ2v) is 9.20. The molecule has 0 aliphatic carbocycles. The third-order valence-corrected chi connectivity index (χ3v) is 5.98. The number of nitrogens with two attached hydrogens (primary N) is 2. The normalized spacial score (nSPS) is 13.9. The van der Waals surface area contributed by atoms with Crippen LogP contribution >= 0.6 is 0 Å². The molecule has 1 amide bonds. The molecule has 3 aromatic rings. The third kappa shape index (κ3) is 6.38. The SMILES string of the molecule is Cn1cc(S(=O)(=O)O)nc1C(Oc1cccc(C(CN)Cc2cccc(C(F)(F)F)c2)c1)C(N)=O. The zero-order valence-corrected chi connectivity index (χ0v) is 19.3. The van der Waals surface area contributed by atoms with Gasteiger partial charge < -0.3 is 20.8 Å². The highest BCUT2D eigenvalue weighted by Crippen LogP contribution is 2.32. The minimum Gasteiger partial charge on any atom is -0.473 e. The van der Waals surface area contributed by atoms with Gasteiger partial charge in [0, 0.05) is 19.2 Å². The molecule has 0 spiro atoms. The fraction of sp³-hybridized carbons (Fsp3) is 0.273. The van der Waals surface area contributed by atoms with E-state index in [2.05, 4.69) is 4.98 Å². The summed E-state index contributed by atoms with van der Waals surface area (Å²) in [6.07, 6.45) is -4.74. The predicted molar refractivity (Wildman–Crippen MR) is 119 cm³/mol. The Morgan fingerprint density at radius 3 is 2.46 bits per heavy atom. The Hall–Kier alpha value is -3.42. The topological polar surface area (TPSA) is 151 Å². The van der Waals surface area contributed by atoms with E-state index in [1.165, 1.54) is 23.7 Å². The molecule has 0 aliphatic rings. The van der Waals surface area contributed by atoms with Crippen molar-refractivity contribution in [2.45, 2.75) is 29.6 Å². The largest absolute Gasteiger partial charge is 0.473 e. The standard InChI is InChI=1S/C22H23F3N4O5S/c1-29-12-18(35(31,32)33)28-21(29)19(20(27)30)34-17-7-3-5-14(10-17)15(11-26)8-13-4-2-6-16(9-13)22(23,24)25/h2-7,9-10,12,15,19H,8,11,26H2,1H3,(H2,27,30)(H,31,32,33). The fourth-order valence-electron chi connectivity index (χ4n) is 3.53. The van der Waals surface area contributed by atoms with Crippen LogP contribution in [0.15, 0.2) is 59.8 Å². The lowest BCUT2D eigenvalue weighted by molar-refractivity contribution is -0.137. The highest BCUT2D eigenvalue weighted by atomic mass is 32.2. The molecule has 0 fully saturated rings. The van der Waals surface area contributed by atoms with E-state index in [0.29, 0.717) is 11.1 Å². The Balaban J connectivity index is 1.87. The van der Waals surface area contributed by atoms with Gasteiger partial charge in [-0.05, 0) is 42.3 Å². The van der Waals surface area contributed by atoms with Gasteiger partial charge in [-0.2, -0.15) is 21.6 Å². The molecule has 0 saturated heterocycles. The quantitative estimate of drug-likeness (QED) is 0.373. The average molecular weight is 513 g/mol.